The predicted molar refractivity (Wildman–Crippen MR) is 155 cm³/mol. The molecule has 2 aromatic carbocycles. The highest BCUT2D eigenvalue weighted by Gasteiger charge is 2.27. The molecule has 3 aromatic rings. The molecule has 0 radical (unpaired) electrons. The lowest BCUT2D eigenvalue weighted by Crippen LogP contribution is -2.46. The molecule has 0 bridgehead atoms. The van der Waals surface area contributed by atoms with Crippen molar-refractivity contribution in [2.75, 3.05) is 50.7 Å². The number of anilines is 1. The molecule has 0 atom stereocenters. The number of fused-ring (bicyclic) bond motifs is 1. The van der Waals surface area contributed by atoms with Crippen molar-refractivity contribution in [2.45, 2.75) is 26.2 Å². The molecule has 0 unspecified atom stereocenters. The maximum absolute atomic E-state index is 15.4. The maximum atomic E-state index is 15.4. The summed E-state index contributed by atoms with van der Waals surface area (Å²) >= 11 is 1.45. The molecule has 196 valence electrons. The van der Waals surface area contributed by atoms with E-state index in [9.17, 15) is 4.79 Å². The molecule has 6 rings (SSSR count). The van der Waals surface area contributed by atoms with Gasteiger partial charge in [-0.2, -0.15) is 4.99 Å². The van der Waals surface area contributed by atoms with Crippen molar-refractivity contribution in [1.29, 1.82) is 0 Å². The number of hydrogen-bond donors (Lipinski definition) is 0. The van der Waals surface area contributed by atoms with Gasteiger partial charge < -0.3 is 9.80 Å². The summed E-state index contributed by atoms with van der Waals surface area (Å²) in [5.74, 6) is -0.384. The van der Waals surface area contributed by atoms with E-state index in [0.717, 1.165) is 97.8 Å². The number of thioether (sulfide) groups is 1. The normalized spacial score (nSPS) is 19.7. The molecule has 0 aliphatic carbocycles. The number of carbonyl (C=O) groups excluding carboxylic acids is 1. The first-order valence-electron chi connectivity index (χ1n) is 13.5. The van der Waals surface area contributed by atoms with E-state index in [4.69, 9.17) is 0 Å². The number of hydrogen-bond acceptors (Lipinski definition) is 6. The van der Waals surface area contributed by atoms with Gasteiger partial charge in [-0.15, -0.1) is 0 Å². The first kappa shape index (κ1) is 25.1. The van der Waals surface area contributed by atoms with Crippen LogP contribution in [0, 0.1) is 5.82 Å². The Hall–Kier alpha value is -3.23. The highest BCUT2D eigenvalue weighted by molar-refractivity contribution is 8.18. The lowest BCUT2D eigenvalue weighted by Gasteiger charge is -2.36. The second-order valence-electron chi connectivity index (χ2n) is 10.1. The standard InChI is InChI=1S/C30H32FN5OS/c1-2-11-34-14-16-35(17-15-34)27-8-6-22(20-25(27)31)23-9-10-32-26-7-5-21(18-24(23)26)19-28-29(37)33-30(38-28)36-12-3-4-13-36/h5-10,18-20H,2-4,11-17H2,1H3/b28-19+. The van der Waals surface area contributed by atoms with Crippen LogP contribution in [0.3, 0.4) is 0 Å². The van der Waals surface area contributed by atoms with E-state index in [2.05, 4.69) is 31.6 Å². The maximum Gasteiger partial charge on any atom is 0.286 e. The molecule has 3 aliphatic rings. The third-order valence-corrected chi connectivity index (χ3v) is 8.61. The summed E-state index contributed by atoms with van der Waals surface area (Å²) in [4.78, 5) is 28.8. The zero-order valence-corrected chi connectivity index (χ0v) is 22.5. The number of amidine groups is 1. The lowest BCUT2D eigenvalue weighted by molar-refractivity contribution is -0.113. The molecule has 6 nitrogen and oxygen atoms in total. The first-order valence-corrected chi connectivity index (χ1v) is 14.3. The van der Waals surface area contributed by atoms with Gasteiger partial charge in [0.05, 0.1) is 16.1 Å². The Bertz CT molecular complexity index is 1420. The number of halogens is 1. The van der Waals surface area contributed by atoms with Gasteiger partial charge in [-0.3, -0.25) is 14.7 Å². The Kier molecular flexibility index (Phi) is 7.17. The Morgan fingerprint density at radius 3 is 2.55 bits per heavy atom. The van der Waals surface area contributed by atoms with Crippen molar-refractivity contribution < 1.29 is 9.18 Å². The molecule has 1 aromatic heterocycles. The minimum Gasteiger partial charge on any atom is -0.367 e. The minimum atomic E-state index is -0.200. The molecule has 1 amide bonds. The Morgan fingerprint density at radius 1 is 0.974 bits per heavy atom. The van der Waals surface area contributed by atoms with Crippen molar-refractivity contribution in [3.05, 3.63) is 64.9 Å². The highest BCUT2D eigenvalue weighted by atomic mass is 32.2. The van der Waals surface area contributed by atoms with Crippen LogP contribution in [-0.4, -0.2) is 71.7 Å². The van der Waals surface area contributed by atoms with Crippen LogP contribution in [0.15, 0.2) is 58.6 Å². The number of aliphatic imine (C=N–C) groups is 1. The van der Waals surface area contributed by atoms with Crippen LogP contribution in [0.5, 0.6) is 0 Å². The third kappa shape index (κ3) is 5.07. The second-order valence-corrected chi connectivity index (χ2v) is 11.1. The highest BCUT2D eigenvalue weighted by Crippen LogP contribution is 2.34. The number of piperazine rings is 1. The van der Waals surface area contributed by atoms with E-state index in [0.29, 0.717) is 10.6 Å². The summed E-state index contributed by atoms with van der Waals surface area (Å²) < 4.78 is 15.4. The summed E-state index contributed by atoms with van der Waals surface area (Å²) in [6.07, 6.45) is 7.10. The van der Waals surface area contributed by atoms with Gasteiger partial charge in [0.2, 0.25) is 0 Å². The van der Waals surface area contributed by atoms with E-state index in [1.807, 2.05) is 42.5 Å². The number of nitrogens with zero attached hydrogens (tertiary/aromatic N) is 5. The van der Waals surface area contributed by atoms with Crippen LogP contribution in [0.4, 0.5) is 10.1 Å². The second kappa shape index (κ2) is 10.9. The fraction of sp³-hybridized carbons (Fsp3) is 0.367. The number of amides is 1. The molecule has 4 heterocycles. The number of pyridine rings is 1. The fourth-order valence-corrected chi connectivity index (χ4v) is 6.52. The summed E-state index contributed by atoms with van der Waals surface area (Å²) in [6, 6.07) is 13.4. The molecule has 3 aliphatic heterocycles. The van der Waals surface area contributed by atoms with Crippen LogP contribution in [-0.2, 0) is 4.79 Å². The van der Waals surface area contributed by atoms with Crippen molar-refractivity contribution in [1.82, 2.24) is 14.8 Å². The molecule has 0 N–H and O–H groups in total. The van der Waals surface area contributed by atoms with Crippen molar-refractivity contribution in [3.8, 4) is 11.1 Å². The zero-order valence-electron chi connectivity index (χ0n) is 21.7. The number of aromatic nitrogens is 1. The van der Waals surface area contributed by atoms with Gasteiger partial charge >= 0.3 is 0 Å². The van der Waals surface area contributed by atoms with Gasteiger partial charge in [0.15, 0.2) is 5.17 Å². The average Bonchev–Trinajstić information content (AvgIpc) is 3.59. The largest absolute Gasteiger partial charge is 0.367 e. The number of benzene rings is 2. The summed E-state index contributed by atoms with van der Waals surface area (Å²) in [5.41, 5.74) is 4.15. The van der Waals surface area contributed by atoms with Crippen molar-refractivity contribution >= 4 is 45.5 Å². The molecule has 2 saturated heterocycles. The smallest absolute Gasteiger partial charge is 0.286 e. The molecular weight excluding hydrogens is 497 g/mol. The fourth-order valence-electron chi connectivity index (χ4n) is 5.56. The first-order chi connectivity index (χ1) is 18.6. The molecule has 0 saturated carbocycles. The minimum absolute atomic E-state index is 0.184. The average molecular weight is 530 g/mol. The van der Waals surface area contributed by atoms with Crippen LogP contribution < -0.4 is 4.90 Å². The van der Waals surface area contributed by atoms with E-state index in [1.54, 1.807) is 12.3 Å². The lowest BCUT2D eigenvalue weighted by atomic mass is 9.99. The van der Waals surface area contributed by atoms with Gasteiger partial charge in [-0.25, -0.2) is 4.39 Å². The third-order valence-electron chi connectivity index (χ3n) is 7.56. The van der Waals surface area contributed by atoms with Crippen LogP contribution >= 0.6 is 11.8 Å². The van der Waals surface area contributed by atoms with E-state index in [-0.39, 0.29) is 11.7 Å². The molecule has 2 fully saturated rings. The van der Waals surface area contributed by atoms with Crippen LogP contribution in [0.1, 0.15) is 31.7 Å². The molecule has 0 spiro atoms. The molecular formula is C30H32FN5OS. The van der Waals surface area contributed by atoms with Crippen molar-refractivity contribution in [2.24, 2.45) is 4.99 Å². The Morgan fingerprint density at radius 2 is 1.79 bits per heavy atom. The van der Waals surface area contributed by atoms with Crippen LogP contribution in [0.25, 0.3) is 28.1 Å². The Balaban J connectivity index is 1.26. The monoisotopic (exact) mass is 529 g/mol. The molecule has 38 heavy (non-hydrogen) atoms. The summed E-state index contributed by atoms with van der Waals surface area (Å²) in [6.45, 7) is 8.83. The SMILES string of the molecule is CCCN1CCN(c2ccc(-c3ccnc4ccc(/C=C5/SC(N6CCCC6)=NC5=O)cc34)cc2F)CC1. The van der Waals surface area contributed by atoms with E-state index >= 15 is 4.39 Å². The van der Waals surface area contributed by atoms with Crippen LogP contribution in [0.2, 0.25) is 0 Å². The van der Waals surface area contributed by atoms with Gasteiger partial charge in [0.1, 0.15) is 5.82 Å². The van der Waals surface area contributed by atoms with Gasteiger partial charge in [0, 0.05) is 50.9 Å². The molecule has 8 heteroatoms. The van der Waals surface area contributed by atoms with E-state index in [1.165, 1.54) is 11.8 Å². The number of carbonyl (C=O) groups is 1. The van der Waals surface area contributed by atoms with Gasteiger partial charge in [-0.1, -0.05) is 19.1 Å². The summed E-state index contributed by atoms with van der Waals surface area (Å²) in [7, 11) is 0. The number of likely N-dealkylation sites (tertiary alicyclic amines) is 1. The summed E-state index contributed by atoms with van der Waals surface area (Å²) in [5, 5.41) is 1.74. The van der Waals surface area contributed by atoms with Gasteiger partial charge in [0.25, 0.3) is 5.91 Å². The Labute approximate surface area is 227 Å². The predicted octanol–water partition coefficient (Wildman–Crippen LogP) is 5.64. The van der Waals surface area contributed by atoms with Gasteiger partial charge in [-0.05, 0) is 90.7 Å². The van der Waals surface area contributed by atoms with Crippen molar-refractivity contribution in [3.63, 3.8) is 0 Å². The van der Waals surface area contributed by atoms with E-state index < -0.39 is 0 Å². The topological polar surface area (TPSA) is 52.0 Å². The zero-order chi connectivity index (χ0) is 26.1. The quantitative estimate of drug-likeness (QED) is 0.399. The number of rotatable bonds is 5.